The fourth-order valence-corrected chi connectivity index (χ4v) is 10.5. The van der Waals surface area contributed by atoms with E-state index in [-0.39, 0.29) is 34.4 Å². The predicted molar refractivity (Wildman–Crippen MR) is 240 cm³/mol. The number of imidazole rings is 2. The number of aromatic nitrogens is 6. The second-order valence-electron chi connectivity index (χ2n) is 15.0. The monoisotopic (exact) mass is 1000 g/mol. The number of piperazine rings is 2. The van der Waals surface area contributed by atoms with Crippen LogP contribution in [0.2, 0.25) is 0 Å². The molecule has 4 aromatic heterocycles. The van der Waals surface area contributed by atoms with Gasteiger partial charge in [0.1, 0.15) is 37.9 Å². The first-order chi connectivity index (χ1) is 29.9. The minimum absolute atomic E-state index is 0.100. The Morgan fingerprint density at radius 2 is 1.23 bits per heavy atom. The smallest absolute Gasteiger partial charge is 0.492 e. The summed E-state index contributed by atoms with van der Waals surface area (Å²) in [4.78, 5) is 39.4. The number of benzene rings is 2. The molecule has 0 bridgehead atoms. The summed E-state index contributed by atoms with van der Waals surface area (Å²) in [5.74, 6) is -0.00949. The first kappa shape index (κ1) is 43.9. The van der Waals surface area contributed by atoms with Crippen LogP contribution in [0.3, 0.4) is 0 Å². The average Bonchev–Trinajstić information content (AvgIpc) is 4.07. The van der Waals surface area contributed by atoms with Crippen LogP contribution in [0.25, 0.3) is 21.2 Å². The molecule has 0 atom stereocenters. The second kappa shape index (κ2) is 18.6. The van der Waals surface area contributed by atoms with Crippen molar-refractivity contribution in [2.75, 3.05) is 76.4 Å². The molecule has 4 saturated heterocycles. The third-order valence-corrected chi connectivity index (χ3v) is 14.1. The van der Waals surface area contributed by atoms with Crippen molar-refractivity contribution in [3.8, 4) is 22.8 Å². The molecule has 8 heterocycles. The number of amides is 2. The molecule has 4 fully saturated rings. The number of fused-ring (bicyclic) bond motifs is 2. The van der Waals surface area contributed by atoms with E-state index in [0.717, 1.165) is 119 Å². The van der Waals surface area contributed by atoms with Crippen LogP contribution in [0.4, 0.5) is 19.0 Å². The zero-order chi connectivity index (χ0) is 43.6. The van der Waals surface area contributed by atoms with Gasteiger partial charge in [0.15, 0.2) is 0 Å². The standard InChI is InChI=1S/C19H21FN6O2S.C12H15IN6OS.C7H8BFO3/c1-28-15-10-12(20)2-3-13(15)14-11-22-17-26(14)24-18(29-17)25-8-4-19(5-9-25)16(27)21-6-7-23-19;13-8-7-15-10-19(8)17-11(21-10)18-5-1-12(2-6-18)9(20)14-3-4-16-12;1-12-7-4-5(9)2-3-6(7)8(10)11/h2-3,10-11,23H,4-9H2,1H3,(H,21,27);7,16H,1-6H2,(H,14,20);2-4,10-11H,1H3. The molecule has 0 aliphatic carbocycles. The van der Waals surface area contributed by atoms with Crippen molar-refractivity contribution >= 4 is 89.8 Å². The van der Waals surface area contributed by atoms with Gasteiger partial charge in [-0.05, 0) is 66.5 Å². The SMILES string of the molecule is COc1cc(F)ccc1-c1cnc2sc(N3CCC4(CC3)NCCNC4=O)nn12.COc1cc(F)ccc1B(O)O.O=C1NCCNC12CCN(c1nn3c(I)cnc3s1)CC2. The van der Waals surface area contributed by atoms with E-state index in [1.54, 1.807) is 28.1 Å². The number of methoxy groups -OCH3 is 2. The van der Waals surface area contributed by atoms with E-state index in [0.29, 0.717) is 12.3 Å². The van der Waals surface area contributed by atoms with Crippen LogP contribution >= 0.6 is 45.3 Å². The van der Waals surface area contributed by atoms with Crippen molar-refractivity contribution in [2.45, 2.75) is 36.8 Å². The Labute approximate surface area is 376 Å². The van der Waals surface area contributed by atoms with Crippen molar-refractivity contribution in [1.82, 2.24) is 50.5 Å². The van der Waals surface area contributed by atoms with Gasteiger partial charge in [0, 0.05) is 75.5 Å². The van der Waals surface area contributed by atoms with Gasteiger partial charge in [-0.15, -0.1) is 10.2 Å². The Morgan fingerprint density at radius 1 is 0.726 bits per heavy atom. The molecule has 0 unspecified atom stereocenters. The quantitative estimate of drug-likeness (QED) is 0.104. The van der Waals surface area contributed by atoms with E-state index in [9.17, 15) is 18.4 Å². The minimum atomic E-state index is -1.64. The number of rotatable bonds is 6. The van der Waals surface area contributed by atoms with Crippen molar-refractivity contribution in [1.29, 1.82) is 0 Å². The summed E-state index contributed by atoms with van der Waals surface area (Å²) in [5, 5.41) is 41.5. The maximum atomic E-state index is 13.6. The van der Waals surface area contributed by atoms with Crippen LogP contribution in [0, 0.1) is 15.3 Å². The van der Waals surface area contributed by atoms with Crippen LogP contribution in [0.15, 0.2) is 48.8 Å². The molecule has 4 aliphatic heterocycles. The van der Waals surface area contributed by atoms with E-state index in [1.807, 2.05) is 10.7 Å². The van der Waals surface area contributed by atoms with Gasteiger partial charge in [0.25, 0.3) is 0 Å². The van der Waals surface area contributed by atoms with Gasteiger partial charge < -0.3 is 50.6 Å². The van der Waals surface area contributed by atoms with E-state index in [1.165, 1.54) is 43.8 Å². The predicted octanol–water partition coefficient (Wildman–Crippen LogP) is 1.63. The number of nitrogens with one attached hydrogen (secondary N) is 4. The Morgan fingerprint density at radius 3 is 1.74 bits per heavy atom. The summed E-state index contributed by atoms with van der Waals surface area (Å²) in [7, 11) is 1.21. The number of piperidine rings is 2. The van der Waals surface area contributed by atoms with Crippen LogP contribution in [-0.4, -0.2) is 136 Å². The molecular formula is C38H44BF2IN12O6S2. The minimum Gasteiger partial charge on any atom is -0.497 e. The van der Waals surface area contributed by atoms with Crippen molar-refractivity contribution in [3.63, 3.8) is 0 Å². The number of halogens is 3. The average molecular weight is 1000 g/mol. The van der Waals surface area contributed by atoms with E-state index >= 15 is 0 Å². The summed E-state index contributed by atoms with van der Waals surface area (Å²) in [6.45, 7) is 6.24. The summed E-state index contributed by atoms with van der Waals surface area (Å²) < 4.78 is 40.8. The third kappa shape index (κ3) is 8.90. The van der Waals surface area contributed by atoms with Gasteiger partial charge in [-0.1, -0.05) is 28.7 Å². The highest BCUT2D eigenvalue weighted by Crippen LogP contribution is 2.36. The number of anilines is 2. The maximum absolute atomic E-state index is 13.6. The molecule has 10 rings (SSSR count). The molecule has 62 heavy (non-hydrogen) atoms. The lowest BCUT2D eigenvalue weighted by atomic mass is 9.79. The Bertz CT molecular complexity index is 2560. The molecular weight excluding hydrogens is 960 g/mol. The molecule has 2 aromatic carbocycles. The van der Waals surface area contributed by atoms with Gasteiger partial charge in [-0.25, -0.2) is 23.3 Å². The van der Waals surface area contributed by atoms with Gasteiger partial charge in [0.05, 0.1) is 32.3 Å². The summed E-state index contributed by atoms with van der Waals surface area (Å²) in [6, 6.07) is 7.92. The molecule has 4 aliphatic rings. The molecule has 18 nitrogen and oxygen atoms in total. The number of ether oxygens (including phenoxy) is 2. The normalized spacial score (nSPS) is 18.2. The van der Waals surface area contributed by atoms with E-state index < -0.39 is 18.5 Å². The van der Waals surface area contributed by atoms with E-state index in [2.05, 4.69) is 68.7 Å². The lowest BCUT2D eigenvalue weighted by Gasteiger charge is -2.43. The zero-order valence-electron chi connectivity index (χ0n) is 33.7. The second-order valence-corrected chi connectivity index (χ2v) is 18.0. The van der Waals surface area contributed by atoms with Crippen LogP contribution in [0.1, 0.15) is 25.7 Å². The van der Waals surface area contributed by atoms with E-state index in [4.69, 9.17) is 24.6 Å². The van der Waals surface area contributed by atoms with Crippen molar-refractivity contribution < 1.29 is 37.9 Å². The Balaban J connectivity index is 0.000000140. The molecule has 2 spiro atoms. The summed E-state index contributed by atoms with van der Waals surface area (Å²) in [6.07, 6.45) is 6.65. The molecule has 0 saturated carbocycles. The number of carbonyl (C=O) groups is 2. The zero-order valence-corrected chi connectivity index (χ0v) is 37.5. The molecule has 6 N–H and O–H groups in total. The lowest BCUT2D eigenvalue weighted by molar-refractivity contribution is -0.130. The first-order valence-electron chi connectivity index (χ1n) is 19.9. The number of nitrogens with zero attached hydrogens (tertiary/aromatic N) is 8. The largest absolute Gasteiger partial charge is 0.497 e. The number of carbonyl (C=O) groups excluding carboxylic acids is 2. The number of hydrogen-bond donors (Lipinski definition) is 6. The summed E-state index contributed by atoms with van der Waals surface area (Å²) in [5.41, 5.74) is 0.804. The van der Waals surface area contributed by atoms with Crippen LogP contribution in [-0.2, 0) is 9.59 Å². The molecule has 328 valence electrons. The fraction of sp³-hybridized carbons (Fsp3) is 0.421. The lowest BCUT2D eigenvalue weighted by Crippen LogP contribution is -2.66. The van der Waals surface area contributed by atoms with Crippen molar-refractivity contribution in [2.24, 2.45) is 0 Å². The van der Waals surface area contributed by atoms with Gasteiger partial charge in [-0.2, -0.15) is 4.52 Å². The molecule has 24 heteroatoms. The highest BCUT2D eigenvalue weighted by atomic mass is 127. The van der Waals surface area contributed by atoms with Gasteiger partial charge in [0.2, 0.25) is 32.0 Å². The maximum Gasteiger partial charge on any atom is 0.492 e. The highest BCUT2D eigenvalue weighted by molar-refractivity contribution is 14.1. The topological polar surface area (TPSA) is 208 Å². The van der Waals surface area contributed by atoms with Crippen LogP contribution in [0.5, 0.6) is 11.5 Å². The van der Waals surface area contributed by atoms with Gasteiger partial charge in [-0.3, -0.25) is 9.59 Å². The summed E-state index contributed by atoms with van der Waals surface area (Å²) >= 11 is 5.34. The Hall–Kier alpha value is -4.73. The van der Waals surface area contributed by atoms with Crippen molar-refractivity contribution in [3.05, 3.63) is 64.1 Å². The number of hydrogen-bond acceptors (Lipinski definition) is 16. The highest BCUT2D eigenvalue weighted by Gasteiger charge is 2.44. The molecule has 2 amide bonds. The van der Waals surface area contributed by atoms with Crippen LogP contribution < -0.4 is 46.0 Å². The third-order valence-electron chi connectivity index (χ3n) is 11.4. The van der Waals surface area contributed by atoms with Gasteiger partial charge >= 0.3 is 7.12 Å². The Kier molecular flexibility index (Phi) is 13.1. The first-order valence-corrected chi connectivity index (χ1v) is 22.6. The molecule has 6 aromatic rings. The molecule has 0 radical (unpaired) electrons. The fourth-order valence-electron chi connectivity index (χ4n) is 7.98.